The number of ether oxygens (including phenoxy) is 1. The number of nitrogens with one attached hydrogen (secondary N) is 1. The summed E-state index contributed by atoms with van der Waals surface area (Å²) in [4.78, 5) is 3.81. The van der Waals surface area contributed by atoms with Gasteiger partial charge in [0.2, 0.25) is 10.0 Å². The molecule has 0 aromatic carbocycles. The van der Waals surface area contributed by atoms with Crippen LogP contribution >= 0.6 is 11.6 Å². The van der Waals surface area contributed by atoms with E-state index in [4.69, 9.17) is 16.3 Å². The normalized spacial score (nSPS) is 12.0. The summed E-state index contributed by atoms with van der Waals surface area (Å²) in [5.74, 6) is 0. The Morgan fingerprint density at radius 1 is 1.47 bits per heavy atom. The van der Waals surface area contributed by atoms with Gasteiger partial charge < -0.3 is 4.74 Å². The maximum atomic E-state index is 11.7. The Bertz CT molecular complexity index is 445. The Balaban J connectivity index is 2.54. The third-order valence-electron chi connectivity index (χ3n) is 1.86. The van der Waals surface area contributed by atoms with Crippen molar-refractivity contribution in [2.75, 3.05) is 13.2 Å². The molecule has 1 aromatic heterocycles. The van der Waals surface area contributed by atoms with E-state index in [0.717, 1.165) is 0 Å². The second kappa shape index (κ2) is 6.30. The van der Waals surface area contributed by atoms with E-state index in [2.05, 4.69) is 9.71 Å². The minimum absolute atomic E-state index is 0.0803. The number of pyridine rings is 1. The molecule has 1 N–H and O–H groups in total. The highest BCUT2D eigenvalue weighted by atomic mass is 35.5. The number of rotatable bonds is 6. The molecule has 96 valence electrons. The van der Waals surface area contributed by atoms with Crippen LogP contribution in [0.1, 0.15) is 13.8 Å². The molecule has 5 nitrogen and oxygen atoms in total. The van der Waals surface area contributed by atoms with Gasteiger partial charge in [0.15, 0.2) is 0 Å². The molecule has 0 aliphatic heterocycles. The fourth-order valence-electron chi connectivity index (χ4n) is 1.08. The van der Waals surface area contributed by atoms with Crippen molar-refractivity contribution >= 4 is 21.6 Å². The van der Waals surface area contributed by atoms with Gasteiger partial charge >= 0.3 is 0 Å². The number of nitrogens with zero attached hydrogens (tertiary/aromatic N) is 1. The molecule has 17 heavy (non-hydrogen) atoms. The lowest BCUT2D eigenvalue weighted by molar-refractivity contribution is 0.0834. The van der Waals surface area contributed by atoms with Crippen LogP contribution in [0.15, 0.2) is 23.2 Å². The van der Waals surface area contributed by atoms with E-state index in [0.29, 0.717) is 6.61 Å². The van der Waals surface area contributed by atoms with Crippen molar-refractivity contribution in [1.82, 2.24) is 9.71 Å². The van der Waals surface area contributed by atoms with Crippen LogP contribution in [0, 0.1) is 0 Å². The molecule has 0 aliphatic rings. The van der Waals surface area contributed by atoms with Crippen molar-refractivity contribution in [1.29, 1.82) is 0 Å². The molecule has 0 fully saturated rings. The van der Waals surface area contributed by atoms with Crippen LogP contribution in [0.2, 0.25) is 5.15 Å². The molecule has 0 aliphatic carbocycles. The molecule has 0 bridgehead atoms. The maximum absolute atomic E-state index is 11.7. The zero-order chi connectivity index (χ0) is 12.9. The summed E-state index contributed by atoms with van der Waals surface area (Å²) in [5.41, 5.74) is 0. The van der Waals surface area contributed by atoms with Crippen molar-refractivity contribution in [2.45, 2.75) is 24.8 Å². The third-order valence-corrected chi connectivity index (χ3v) is 3.53. The molecule has 0 saturated heterocycles. The van der Waals surface area contributed by atoms with E-state index in [1.165, 1.54) is 18.3 Å². The van der Waals surface area contributed by atoms with Crippen molar-refractivity contribution in [3.05, 3.63) is 23.5 Å². The maximum Gasteiger partial charge on any atom is 0.242 e. The van der Waals surface area contributed by atoms with Crippen LogP contribution in [0.3, 0.4) is 0 Å². The molecule has 0 atom stereocenters. The summed E-state index contributed by atoms with van der Waals surface area (Å²) in [6.45, 7) is 4.33. The number of aromatic nitrogens is 1. The average molecular weight is 279 g/mol. The van der Waals surface area contributed by atoms with Gasteiger partial charge in [-0.15, -0.1) is 0 Å². The second-order valence-electron chi connectivity index (χ2n) is 3.63. The lowest BCUT2D eigenvalue weighted by Gasteiger charge is -2.09. The van der Waals surface area contributed by atoms with Crippen molar-refractivity contribution in [2.24, 2.45) is 0 Å². The zero-order valence-electron chi connectivity index (χ0n) is 9.68. The molecule has 0 unspecified atom stereocenters. The topological polar surface area (TPSA) is 68.3 Å². The minimum Gasteiger partial charge on any atom is -0.377 e. The molecule has 0 amide bonds. The van der Waals surface area contributed by atoms with Crippen LogP contribution in [-0.2, 0) is 14.8 Å². The smallest absolute Gasteiger partial charge is 0.242 e. The van der Waals surface area contributed by atoms with Gasteiger partial charge in [-0.2, -0.15) is 0 Å². The molecule has 1 aromatic rings. The largest absolute Gasteiger partial charge is 0.377 e. The summed E-state index contributed by atoms with van der Waals surface area (Å²) in [7, 11) is -3.53. The van der Waals surface area contributed by atoms with Crippen LogP contribution in [0.5, 0.6) is 0 Å². The zero-order valence-corrected chi connectivity index (χ0v) is 11.3. The summed E-state index contributed by atoms with van der Waals surface area (Å²) in [6, 6.07) is 2.84. The molecule has 7 heteroatoms. The highest BCUT2D eigenvalue weighted by molar-refractivity contribution is 7.89. The fraction of sp³-hybridized carbons (Fsp3) is 0.500. The quantitative estimate of drug-likeness (QED) is 0.631. The van der Waals surface area contributed by atoms with E-state index in [1.54, 1.807) is 0 Å². The van der Waals surface area contributed by atoms with Crippen molar-refractivity contribution in [3.8, 4) is 0 Å². The van der Waals surface area contributed by atoms with Crippen molar-refractivity contribution < 1.29 is 13.2 Å². The van der Waals surface area contributed by atoms with Crippen LogP contribution < -0.4 is 4.72 Å². The molecule has 1 rings (SSSR count). The summed E-state index contributed by atoms with van der Waals surface area (Å²) in [5, 5.41) is 0.257. The average Bonchev–Trinajstić information content (AvgIpc) is 2.25. The Kier molecular flexibility index (Phi) is 5.32. The Labute approximate surface area is 106 Å². The van der Waals surface area contributed by atoms with Gasteiger partial charge in [0.1, 0.15) is 10.0 Å². The lowest BCUT2D eigenvalue weighted by atomic mass is 10.5. The Morgan fingerprint density at radius 2 is 2.18 bits per heavy atom. The van der Waals surface area contributed by atoms with E-state index in [-0.39, 0.29) is 22.7 Å². The molecular weight excluding hydrogens is 264 g/mol. The fourth-order valence-corrected chi connectivity index (χ4v) is 2.14. The number of hydrogen-bond acceptors (Lipinski definition) is 4. The number of halogens is 1. The van der Waals surface area contributed by atoms with Gasteiger partial charge in [-0.1, -0.05) is 11.6 Å². The van der Waals surface area contributed by atoms with Gasteiger partial charge in [0, 0.05) is 12.7 Å². The van der Waals surface area contributed by atoms with Gasteiger partial charge in [0.25, 0.3) is 0 Å². The Morgan fingerprint density at radius 3 is 2.71 bits per heavy atom. The van der Waals surface area contributed by atoms with Gasteiger partial charge in [-0.25, -0.2) is 18.1 Å². The first-order chi connectivity index (χ1) is 7.92. The van der Waals surface area contributed by atoms with Gasteiger partial charge in [-0.3, -0.25) is 0 Å². The van der Waals surface area contributed by atoms with Crippen LogP contribution in [0.4, 0.5) is 0 Å². The Hall–Kier alpha value is -0.690. The molecule has 0 saturated carbocycles. The summed E-state index contributed by atoms with van der Waals surface area (Å²) >= 11 is 5.58. The molecule has 0 radical (unpaired) electrons. The SMILES string of the molecule is CC(C)OCCNS(=O)(=O)c1ccc(Cl)nc1. The first-order valence-corrected chi connectivity index (χ1v) is 7.01. The summed E-state index contributed by atoms with van der Waals surface area (Å²) < 4.78 is 31.1. The number of sulfonamides is 1. The predicted molar refractivity (Wildman–Crippen MR) is 65.5 cm³/mol. The monoisotopic (exact) mass is 278 g/mol. The molecule has 1 heterocycles. The first kappa shape index (κ1) is 14.4. The van der Waals surface area contributed by atoms with E-state index in [9.17, 15) is 8.42 Å². The predicted octanol–water partition coefficient (Wildman–Crippen LogP) is 1.44. The second-order valence-corrected chi connectivity index (χ2v) is 5.79. The third kappa shape index (κ3) is 4.99. The molecule has 0 spiro atoms. The minimum atomic E-state index is -3.53. The van der Waals surface area contributed by atoms with E-state index in [1.807, 2.05) is 13.8 Å². The van der Waals surface area contributed by atoms with Crippen LogP contribution in [-0.4, -0.2) is 32.7 Å². The molecular formula is C10H15ClN2O3S. The lowest BCUT2D eigenvalue weighted by Crippen LogP contribution is -2.28. The standard InChI is InChI=1S/C10H15ClN2O3S/c1-8(2)16-6-5-13-17(14,15)9-3-4-10(11)12-7-9/h3-4,7-8,13H,5-6H2,1-2H3. The van der Waals surface area contributed by atoms with Gasteiger partial charge in [0.05, 0.1) is 12.7 Å². The first-order valence-electron chi connectivity index (χ1n) is 5.14. The van der Waals surface area contributed by atoms with E-state index >= 15 is 0 Å². The van der Waals surface area contributed by atoms with Gasteiger partial charge in [-0.05, 0) is 26.0 Å². The van der Waals surface area contributed by atoms with E-state index < -0.39 is 10.0 Å². The summed E-state index contributed by atoms with van der Waals surface area (Å²) in [6.07, 6.45) is 1.30. The number of hydrogen-bond donors (Lipinski definition) is 1. The van der Waals surface area contributed by atoms with Crippen molar-refractivity contribution in [3.63, 3.8) is 0 Å². The van der Waals surface area contributed by atoms with Crippen LogP contribution in [0.25, 0.3) is 0 Å². The highest BCUT2D eigenvalue weighted by Crippen LogP contribution is 2.10. The highest BCUT2D eigenvalue weighted by Gasteiger charge is 2.13.